The van der Waals surface area contributed by atoms with Crippen molar-refractivity contribution in [2.24, 2.45) is 0 Å². The molecule has 0 spiro atoms. The van der Waals surface area contributed by atoms with E-state index in [-0.39, 0.29) is 0 Å². The quantitative estimate of drug-likeness (QED) is 0.741. The predicted octanol–water partition coefficient (Wildman–Crippen LogP) is 2.26. The van der Waals surface area contributed by atoms with Crippen molar-refractivity contribution >= 4 is 0 Å². The van der Waals surface area contributed by atoms with E-state index in [0.29, 0.717) is 17.7 Å². The lowest BCUT2D eigenvalue weighted by Crippen LogP contribution is -2.46. The minimum Gasteiger partial charge on any atom is -0.377 e. The van der Waals surface area contributed by atoms with E-state index in [4.69, 9.17) is 4.74 Å². The lowest BCUT2D eigenvalue weighted by molar-refractivity contribution is 0.0805. The van der Waals surface area contributed by atoms with Crippen LogP contribution in [0.4, 0.5) is 0 Å². The van der Waals surface area contributed by atoms with Crippen LogP contribution < -0.4 is 5.32 Å². The molecule has 1 N–H and O–H groups in total. The molecule has 3 nitrogen and oxygen atoms in total. The number of hydrogen-bond acceptors (Lipinski definition) is 3. The van der Waals surface area contributed by atoms with Crippen LogP contribution in [-0.2, 0) is 4.74 Å². The molecule has 0 aromatic carbocycles. The first-order chi connectivity index (χ1) is 7.97. The highest BCUT2D eigenvalue weighted by atomic mass is 16.5. The van der Waals surface area contributed by atoms with Gasteiger partial charge in [-0.15, -0.1) is 0 Å². The van der Waals surface area contributed by atoms with Gasteiger partial charge in [-0.2, -0.15) is 0 Å². The van der Waals surface area contributed by atoms with E-state index < -0.39 is 0 Å². The first-order valence-corrected chi connectivity index (χ1v) is 7.03. The number of hydrogen-bond donors (Lipinski definition) is 1. The minimum atomic E-state index is 0.300. The van der Waals surface area contributed by atoms with E-state index >= 15 is 0 Å². The Morgan fingerprint density at radius 2 is 2.18 bits per heavy atom. The second-order valence-corrected chi connectivity index (χ2v) is 5.88. The molecule has 0 amide bonds. The molecule has 1 aliphatic heterocycles. The summed E-state index contributed by atoms with van der Waals surface area (Å²) in [7, 11) is 2.21. The largest absolute Gasteiger partial charge is 0.377 e. The smallest absolute Gasteiger partial charge is 0.0726 e. The van der Waals surface area contributed by atoms with Gasteiger partial charge in [0.2, 0.25) is 0 Å². The third-order valence-corrected chi connectivity index (χ3v) is 4.33. The fourth-order valence-corrected chi connectivity index (χ4v) is 2.16. The van der Waals surface area contributed by atoms with E-state index in [0.717, 1.165) is 19.7 Å². The van der Waals surface area contributed by atoms with Crippen molar-refractivity contribution in [3.63, 3.8) is 0 Å². The van der Waals surface area contributed by atoms with Crippen LogP contribution in [0, 0.1) is 0 Å². The summed E-state index contributed by atoms with van der Waals surface area (Å²) in [5.41, 5.74) is 0.300. The van der Waals surface area contributed by atoms with E-state index in [1.807, 2.05) is 0 Å². The molecule has 0 saturated carbocycles. The van der Waals surface area contributed by atoms with Gasteiger partial charge in [-0.1, -0.05) is 6.92 Å². The van der Waals surface area contributed by atoms with Crippen LogP contribution in [0.1, 0.15) is 47.0 Å². The van der Waals surface area contributed by atoms with Crippen LogP contribution in [0.25, 0.3) is 0 Å². The Morgan fingerprint density at radius 1 is 1.47 bits per heavy atom. The third kappa shape index (κ3) is 4.57. The minimum absolute atomic E-state index is 0.300. The van der Waals surface area contributed by atoms with Crippen LogP contribution in [0.3, 0.4) is 0 Å². The summed E-state index contributed by atoms with van der Waals surface area (Å²) in [5, 5.41) is 3.58. The highest BCUT2D eigenvalue weighted by Gasteiger charge is 2.23. The molecular weight excluding hydrogens is 212 g/mol. The standard InChI is InChI=1S/C14H30N2O/c1-6-14(3,4)16(5)10-9-15-12(2)13-8-7-11-17-13/h12-13,15H,6-11H2,1-5H3. The lowest BCUT2D eigenvalue weighted by Gasteiger charge is -2.35. The summed E-state index contributed by atoms with van der Waals surface area (Å²) in [6.45, 7) is 12.2. The summed E-state index contributed by atoms with van der Waals surface area (Å²) in [6.07, 6.45) is 4.05. The van der Waals surface area contributed by atoms with Gasteiger partial charge in [0.25, 0.3) is 0 Å². The molecule has 2 atom stereocenters. The molecule has 1 aliphatic rings. The number of nitrogens with one attached hydrogen (secondary N) is 1. The molecule has 17 heavy (non-hydrogen) atoms. The number of ether oxygens (including phenoxy) is 1. The highest BCUT2D eigenvalue weighted by molar-refractivity contribution is 4.80. The molecule has 0 aromatic rings. The SMILES string of the molecule is CCC(C)(C)N(C)CCNC(C)C1CCCO1. The molecule has 1 rings (SSSR count). The molecule has 1 saturated heterocycles. The Kier molecular flexibility index (Phi) is 5.90. The van der Waals surface area contributed by atoms with E-state index in [2.05, 4.69) is 45.0 Å². The van der Waals surface area contributed by atoms with Crippen molar-refractivity contribution in [1.82, 2.24) is 10.2 Å². The number of nitrogens with zero attached hydrogens (tertiary/aromatic N) is 1. The van der Waals surface area contributed by atoms with Gasteiger partial charge in [-0.25, -0.2) is 0 Å². The van der Waals surface area contributed by atoms with Crippen molar-refractivity contribution in [3.8, 4) is 0 Å². The van der Waals surface area contributed by atoms with Gasteiger partial charge in [0.05, 0.1) is 6.10 Å². The van der Waals surface area contributed by atoms with Crippen LogP contribution in [0.15, 0.2) is 0 Å². The Morgan fingerprint density at radius 3 is 2.71 bits per heavy atom. The number of rotatable bonds is 7. The van der Waals surface area contributed by atoms with E-state index in [1.54, 1.807) is 0 Å². The maximum absolute atomic E-state index is 5.68. The van der Waals surface area contributed by atoms with Gasteiger partial charge in [0.15, 0.2) is 0 Å². The highest BCUT2D eigenvalue weighted by Crippen LogP contribution is 2.16. The lowest BCUT2D eigenvalue weighted by atomic mass is 10.0. The van der Waals surface area contributed by atoms with Gasteiger partial charge in [-0.05, 0) is 47.1 Å². The average Bonchev–Trinajstić information content (AvgIpc) is 2.82. The Bertz CT molecular complexity index is 212. The zero-order valence-corrected chi connectivity index (χ0v) is 12.3. The van der Waals surface area contributed by atoms with Gasteiger partial charge >= 0.3 is 0 Å². The maximum atomic E-state index is 5.68. The molecule has 1 fully saturated rings. The Balaban J connectivity index is 2.18. The zero-order chi connectivity index (χ0) is 12.9. The van der Waals surface area contributed by atoms with E-state index in [1.165, 1.54) is 19.3 Å². The second-order valence-electron chi connectivity index (χ2n) is 5.88. The molecule has 3 heteroatoms. The molecule has 2 unspecified atom stereocenters. The van der Waals surface area contributed by atoms with Crippen molar-refractivity contribution in [3.05, 3.63) is 0 Å². The Hall–Kier alpha value is -0.120. The Labute approximate surface area is 107 Å². The number of likely N-dealkylation sites (N-methyl/N-ethyl adjacent to an activating group) is 1. The predicted molar refractivity (Wildman–Crippen MR) is 73.4 cm³/mol. The van der Waals surface area contributed by atoms with Gasteiger partial charge in [-0.3, -0.25) is 4.90 Å². The van der Waals surface area contributed by atoms with Crippen LogP contribution in [0.5, 0.6) is 0 Å². The summed E-state index contributed by atoms with van der Waals surface area (Å²) >= 11 is 0. The fraction of sp³-hybridized carbons (Fsp3) is 1.00. The third-order valence-electron chi connectivity index (χ3n) is 4.33. The molecule has 102 valence electrons. The first kappa shape index (κ1) is 14.9. The summed E-state index contributed by atoms with van der Waals surface area (Å²) in [4.78, 5) is 2.43. The maximum Gasteiger partial charge on any atom is 0.0726 e. The zero-order valence-electron chi connectivity index (χ0n) is 12.3. The van der Waals surface area contributed by atoms with Crippen LogP contribution >= 0.6 is 0 Å². The van der Waals surface area contributed by atoms with Gasteiger partial charge in [0, 0.05) is 31.3 Å². The van der Waals surface area contributed by atoms with Crippen LogP contribution in [-0.4, -0.2) is 49.3 Å². The summed E-state index contributed by atoms with van der Waals surface area (Å²) in [5.74, 6) is 0. The molecule has 0 radical (unpaired) electrons. The summed E-state index contributed by atoms with van der Waals surface area (Å²) < 4.78 is 5.68. The van der Waals surface area contributed by atoms with Crippen molar-refractivity contribution < 1.29 is 4.74 Å². The first-order valence-electron chi connectivity index (χ1n) is 7.03. The van der Waals surface area contributed by atoms with Crippen molar-refractivity contribution in [2.45, 2.75) is 64.6 Å². The molecule has 1 heterocycles. The molecule has 0 bridgehead atoms. The monoisotopic (exact) mass is 242 g/mol. The normalized spacial score (nSPS) is 23.3. The van der Waals surface area contributed by atoms with Gasteiger partial charge < -0.3 is 10.1 Å². The van der Waals surface area contributed by atoms with Crippen LogP contribution in [0.2, 0.25) is 0 Å². The second kappa shape index (κ2) is 6.72. The topological polar surface area (TPSA) is 24.5 Å². The average molecular weight is 242 g/mol. The summed E-state index contributed by atoms with van der Waals surface area (Å²) in [6, 6.07) is 0.482. The van der Waals surface area contributed by atoms with E-state index in [9.17, 15) is 0 Å². The molecular formula is C14H30N2O. The fourth-order valence-electron chi connectivity index (χ4n) is 2.16. The molecule has 0 aliphatic carbocycles. The van der Waals surface area contributed by atoms with Crippen molar-refractivity contribution in [2.75, 3.05) is 26.7 Å². The van der Waals surface area contributed by atoms with Crippen molar-refractivity contribution in [1.29, 1.82) is 0 Å². The molecule has 0 aromatic heterocycles. The van der Waals surface area contributed by atoms with Gasteiger partial charge in [0.1, 0.15) is 0 Å².